The van der Waals surface area contributed by atoms with Gasteiger partial charge in [-0.2, -0.15) is 0 Å². The van der Waals surface area contributed by atoms with E-state index in [0.29, 0.717) is 18.7 Å². The molecule has 2 amide bonds. The molecule has 0 heterocycles. The van der Waals surface area contributed by atoms with Crippen molar-refractivity contribution in [2.75, 3.05) is 11.9 Å². The molecule has 0 spiro atoms. The first-order chi connectivity index (χ1) is 11.0. The van der Waals surface area contributed by atoms with Crippen molar-refractivity contribution in [1.82, 2.24) is 5.32 Å². The molecule has 23 heavy (non-hydrogen) atoms. The highest BCUT2D eigenvalue weighted by molar-refractivity contribution is 5.89. The van der Waals surface area contributed by atoms with Crippen LogP contribution < -0.4 is 15.4 Å². The number of benzene rings is 1. The van der Waals surface area contributed by atoms with E-state index in [1.165, 1.54) is 12.1 Å². The van der Waals surface area contributed by atoms with Crippen LogP contribution in [0.25, 0.3) is 0 Å². The fourth-order valence-electron chi connectivity index (χ4n) is 2.18. The second-order valence-electron chi connectivity index (χ2n) is 6.30. The predicted octanol–water partition coefficient (Wildman–Crippen LogP) is 3.29. The Morgan fingerprint density at radius 1 is 1.43 bits per heavy atom. The molecule has 2 rings (SSSR count). The maximum absolute atomic E-state index is 13.9. The molecule has 1 atom stereocenters. The fourth-order valence-corrected chi connectivity index (χ4v) is 2.18. The van der Waals surface area contributed by atoms with E-state index in [9.17, 15) is 14.3 Å². The first-order valence-corrected chi connectivity index (χ1v) is 8.15. The number of amides is 2. The molecule has 5 nitrogen and oxygen atoms in total. The van der Waals surface area contributed by atoms with Gasteiger partial charge >= 0.3 is 6.03 Å². The van der Waals surface area contributed by atoms with Crippen LogP contribution in [0.5, 0.6) is 5.75 Å². The molecule has 1 aromatic rings. The van der Waals surface area contributed by atoms with Gasteiger partial charge in [0.1, 0.15) is 0 Å². The third-order valence-corrected chi connectivity index (χ3v) is 4.03. The van der Waals surface area contributed by atoms with Crippen LogP contribution in [0.2, 0.25) is 0 Å². The highest BCUT2D eigenvalue weighted by Crippen LogP contribution is 2.28. The summed E-state index contributed by atoms with van der Waals surface area (Å²) in [5, 5.41) is 14.9. The van der Waals surface area contributed by atoms with Crippen molar-refractivity contribution in [3.05, 3.63) is 24.0 Å². The third-order valence-electron chi connectivity index (χ3n) is 4.03. The molecule has 1 aromatic carbocycles. The minimum Gasteiger partial charge on any atom is -0.487 e. The molecule has 0 aromatic heterocycles. The Bertz CT molecular complexity index is 533. The maximum atomic E-state index is 13.9. The van der Waals surface area contributed by atoms with Gasteiger partial charge in [0, 0.05) is 18.3 Å². The van der Waals surface area contributed by atoms with Gasteiger partial charge in [-0.3, -0.25) is 0 Å². The number of carbonyl (C=O) groups is 1. The molecule has 1 aliphatic carbocycles. The number of aliphatic hydroxyl groups is 1. The standard InChI is InChI=1S/C17H25FN2O3/c1-11(2)15(21)8-9-19-17(22)20-12-6-7-16(14(18)10-12)23-13-4-3-5-13/h6-7,10-11,13,15,21H,3-5,8-9H2,1-2H3,(H2,19,20,22). The number of halogens is 1. The van der Waals surface area contributed by atoms with E-state index in [1.54, 1.807) is 6.07 Å². The van der Waals surface area contributed by atoms with E-state index < -0.39 is 18.0 Å². The van der Waals surface area contributed by atoms with Crippen LogP contribution in [0.1, 0.15) is 39.5 Å². The lowest BCUT2D eigenvalue weighted by Crippen LogP contribution is -2.32. The number of rotatable bonds is 7. The van der Waals surface area contributed by atoms with Crippen molar-refractivity contribution >= 4 is 11.7 Å². The maximum Gasteiger partial charge on any atom is 0.319 e. The van der Waals surface area contributed by atoms with E-state index in [0.717, 1.165) is 19.3 Å². The first-order valence-electron chi connectivity index (χ1n) is 8.15. The van der Waals surface area contributed by atoms with E-state index in [2.05, 4.69) is 10.6 Å². The van der Waals surface area contributed by atoms with E-state index >= 15 is 0 Å². The third kappa shape index (κ3) is 5.39. The lowest BCUT2D eigenvalue weighted by Gasteiger charge is -2.26. The molecule has 1 fully saturated rings. The minimum absolute atomic E-state index is 0.110. The first kappa shape index (κ1) is 17.5. The number of hydrogen-bond acceptors (Lipinski definition) is 3. The van der Waals surface area contributed by atoms with Crippen molar-refractivity contribution in [1.29, 1.82) is 0 Å². The van der Waals surface area contributed by atoms with Crippen LogP contribution >= 0.6 is 0 Å². The normalized spacial score (nSPS) is 15.9. The summed E-state index contributed by atoms with van der Waals surface area (Å²) in [6, 6.07) is 3.97. The van der Waals surface area contributed by atoms with Crippen LogP contribution in [0, 0.1) is 11.7 Å². The van der Waals surface area contributed by atoms with Gasteiger partial charge in [-0.25, -0.2) is 9.18 Å². The summed E-state index contributed by atoms with van der Waals surface area (Å²) >= 11 is 0. The zero-order valence-electron chi connectivity index (χ0n) is 13.6. The zero-order valence-corrected chi connectivity index (χ0v) is 13.6. The molecule has 128 valence electrons. The Labute approximate surface area is 136 Å². The van der Waals surface area contributed by atoms with Gasteiger partial charge in [-0.05, 0) is 43.7 Å². The number of anilines is 1. The van der Waals surface area contributed by atoms with E-state index in [-0.39, 0.29) is 17.8 Å². The fraction of sp³-hybridized carbons (Fsp3) is 0.588. The smallest absolute Gasteiger partial charge is 0.319 e. The molecular weight excluding hydrogens is 299 g/mol. The Hall–Kier alpha value is -1.82. The molecule has 0 saturated heterocycles. The van der Waals surface area contributed by atoms with Gasteiger partial charge in [-0.1, -0.05) is 13.8 Å². The Morgan fingerprint density at radius 3 is 2.74 bits per heavy atom. The second-order valence-corrected chi connectivity index (χ2v) is 6.30. The van der Waals surface area contributed by atoms with Crippen molar-refractivity contribution in [3.8, 4) is 5.75 Å². The SMILES string of the molecule is CC(C)C(O)CCNC(=O)Nc1ccc(OC2CCC2)c(F)c1. The van der Waals surface area contributed by atoms with Gasteiger partial charge in [0.15, 0.2) is 11.6 Å². The monoisotopic (exact) mass is 324 g/mol. The number of aliphatic hydroxyl groups excluding tert-OH is 1. The molecule has 6 heteroatoms. The highest BCUT2D eigenvalue weighted by atomic mass is 19.1. The van der Waals surface area contributed by atoms with Crippen molar-refractivity contribution in [3.63, 3.8) is 0 Å². The van der Waals surface area contributed by atoms with E-state index in [4.69, 9.17) is 4.74 Å². The lowest BCUT2D eigenvalue weighted by atomic mass is 9.96. The molecule has 0 aliphatic heterocycles. The van der Waals surface area contributed by atoms with Gasteiger partial charge in [0.2, 0.25) is 0 Å². The second kappa shape index (κ2) is 8.15. The average Bonchev–Trinajstić information content (AvgIpc) is 2.44. The summed E-state index contributed by atoms with van der Waals surface area (Å²) in [4.78, 5) is 11.7. The number of nitrogens with one attached hydrogen (secondary N) is 2. The number of hydrogen-bond donors (Lipinski definition) is 3. The van der Waals surface area contributed by atoms with Crippen LogP contribution in [0.3, 0.4) is 0 Å². The predicted molar refractivity (Wildman–Crippen MR) is 87.2 cm³/mol. The zero-order chi connectivity index (χ0) is 16.8. The largest absolute Gasteiger partial charge is 0.487 e. The molecule has 1 unspecified atom stereocenters. The van der Waals surface area contributed by atoms with Crippen molar-refractivity contribution < 1.29 is 19.0 Å². The van der Waals surface area contributed by atoms with E-state index in [1.807, 2.05) is 13.8 Å². The summed E-state index contributed by atoms with van der Waals surface area (Å²) in [6.45, 7) is 4.19. The molecule has 1 saturated carbocycles. The summed E-state index contributed by atoms with van der Waals surface area (Å²) < 4.78 is 19.5. The highest BCUT2D eigenvalue weighted by Gasteiger charge is 2.20. The lowest BCUT2D eigenvalue weighted by molar-refractivity contribution is 0.115. The van der Waals surface area contributed by atoms with Crippen LogP contribution in [-0.4, -0.2) is 29.9 Å². The van der Waals surface area contributed by atoms with Gasteiger partial charge in [-0.15, -0.1) is 0 Å². The summed E-state index contributed by atoms with van der Waals surface area (Å²) in [6.07, 6.45) is 3.19. The van der Waals surface area contributed by atoms with Gasteiger partial charge in [0.25, 0.3) is 0 Å². The van der Waals surface area contributed by atoms with Crippen LogP contribution in [0.15, 0.2) is 18.2 Å². The summed E-state index contributed by atoms with van der Waals surface area (Å²) in [7, 11) is 0. The average molecular weight is 324 g/mol. The Morgan fingerprint density at radius 2 is 2.17 bits per heavy atom. The number of urea groups is 1. The van der Waals surface area contributed by atoms with Crippen molar-refractivity contribution in [2.45, 2.75) is 51.7 Å². The Balaban J connectivity index is 1.78. The molecule has 0 radical (unpaired) electrons. The molecule has 0 bridgehead atoms. The van der Waals surface area contributed by atoms with Crippen molar-refractivity contribution in [2.24, 2.45) is 5.92 Å². The number of ether oxygens (including phenoxy) is 1. The molecular formula is C17H25FN2O3. The van der Waals surface area contributed by atoms with Crippen LogP contribution in [-0.2, 0) is 0 Å². The summed E-state index contributed by atoms with van der Waals surface area (Å²) in [5.41, 5.74) is 0.366. The molecule has 3 N–H and O–H groups in total. The van der Waals surface area contributed by atoms with Gasteiger partial charge < -0.3 is 20.5 Å². The van der Waals surface area contributed by atoms with Gasteiger partial charge in [0.05, 0.1) is 12.2 Å². The molecule has 1 aliphatic rings. The quantitative estimate of drug-likeness (QED) is 0.721. The topological polar surface area (TPSA) is 70.6 Å². The summed E-state index contributed by atoms with van der Waals surface area (Å²) in [5.74, 6) is -0.109. The Kier molecular flexibility index (Phi) is 6.21. The minimum atomic E-state index is -0.482. The number of carbonyl (C=O) groups excluding carboxylic acids is 1. The van der Waals surface area contributed by atoms with Crippen LogP contribution in [0.4, 0.5) is 14.9 Å².